The highest BCUT2D eigenvalue weighted by Crippen LogP contribution is 2.21. The number of aryl methyl sites for hydroxylation is 2. The molecule has 96 valence electrons. The molecule has 0 heterocycles. The SMILES string of the molecule is Cc1cc(F)cc(C)c1S(=O)(=O)NC(C)CBr. The molecule has 0 aliphatic heterocycles. The van der Waals surface area contributed by atoms with Gasteiger partial charge in [-0.2, -0.15) is 0 Å². The van der Waals surface area contributed by atoms with E-state index in [0.717, 1.165) is 0 Å². The highest BCUT2D eigenvalue weighted by molar-refractivity contribution is 9.09. The van der Waals surface area contributed by atoms with Crippen molar-refractivity contribution in [2.75, 3.05) is 5.33 Å². The van der Waals surface area contributed by atoms with Gasteiger partial charge < -0.3 is 0 Å². The average molecular weight is 324 g/mol. The van der Waals surface area contributed by atoms with Crippen LogP contribution in [0.2, 0.25) is 0 Å². The van der Waals surface area contributed by atoms with Gasteiger partial charge in [-0.05, 0) is 44.0 Å². The van der Waals surface area contributed by atoms with Gasteiger partial charge in [0.15, 0.2) is 0 Å². The Hall–Kier alpha value is -0.460. The number of hydrogen-bond acceptors (Lipinski definition) is 2. The van der Waals surface area contributed by atoms with Gasteiger partial charge in [-0.25, -0.2) is 17.5 Å². The van der Waals surface area contributed by atoms with Crippen molar-refractivity contribution in [3.05, 3.63) is 29.1 Å². The van der Waals surface area contributed by atoms with E-state index in [4.69, 9.17) is 0 Å². The van der Waals surface area contributed by atoms with Crippen LogP contribution in [0.3, 0.4) is 0 Å². The maximum Gasteiger partial charge on any atom is 0.241 e. The van der Waals surface area contributed by atoms with E-state index in [1.54, 1.807) is 20.8 Å². The first-order chi connectivity index (χ1) is 7.77. The monoisotopic (exact) mass is 323 g/mol. The molecule has 1 aromatic rings. The highest BCUT2D eigenvalue weighted by atomic mass is 79.9. The van der Waals surface area contributed by atoms with E-state index < -0.39 is 15.8 Å². The number of sulfonamides is 1. The van der Waals surface area contributed by atoms with E-state index in [-0.39, 0.29) is 10.9 Å². The third-order valence-electron chi connectivity index (χ3n) is 2.28. The van der Waals surface area contributed by atoms with Gasteiger partial charge in [0.1, 0.15) is 5.82 Å². The van der Waals surface area contributed by atoms with Crippen molar-refractivity contribution in [1.29, 1.82) is 0 Å². The molecule has 0 bridgehead atoms. The van der Waals surface area contributed by atoms with E-state index in [9.17, 15) is 12.8 Å². The second kappa shape index (κ2) is 5.46. The number of hydrogen-bond donors (Lipinski definition) is 1. The topological polar surface area (TPSA) is 46.2 Å². The van der Waals surface area contributed by atoms with Gasteiger partial charge >= 0.3 is 0 Å². The fraction of sp³-hybridized carbons (Fsp3) is 0.455. The molecule has 17 heavy (non-hydrogen) atoms. The van der Waals surface area contributed by atoms with Gasteiger partial charge in [-0.3, -0.25) is 0 Å². The summed E-state index contributed by atoms with van der Waals surface area (Å²) in [4.78, 5) is 0.159. The summed E-state index contributed by atoms with van der Waals surface area (Å²) in [5.41, 5.74) is 0.827. The van der Waals surface area contributed by atoms with Crippen molar-refractivity contribution in [3.63, 3.8) is 0 Å². The standard InChI is InChI=1S/C11H15BrFNO2S/c1-7-4-10(13)5-8(2)11(7)17(15,16)14-9(3)6-12/h4-5,9,14H,6H2,1-3H3. The second-order valence-electron chi connectivity index (χ2n) is 4.05. The zero-order valence-corrected chi connectivity index (χ0v) is 12.3. The minimum Gasteiger partial charge on any atom is -0.207 e. The summed E-state index contributed by atoms with van der Waals surface area (Å²) in [7, 11) is -3.60. The van der Waals surface area contributed by atoms with E-state index >= 15 is 0 Å². The van der Waals surface area contributed by atoms with E-state index in [2.05, 4.69) is 20.7 Å². The lowest BCUT2D eigenvalue weighted by molar-refractivity contribution is 0.569. The number of halogens is 2. The molecular weight excluding hydrogens is 309 g/mol. The first-order valence-corrected chi connectivity index (χ1v) is 7.73. The van der Waals surface area contributed by atoms with Crippen LogP contribution in [-0.2, 0) is 10.0 Å². The summed E-state index contributed by atoms with van der Waals surface area (Å²) in [5, 5.41) is 0.519. The lowest BCUT2D eigenvalue weighted by Crippen LogP contribution is -2.34. The highest BCUT2D eigenvalue weighted by Gasteiger charge is 2.21. The number of rotatable bonds is 4. The fourth-order valence-corrected chi connectivity index (χ4v) is 3.75. The van der Waals surface area contributed by atoms with E-state index in [0.29, 0.717) is 16.5 Å². The fourth-order valence-electron chi connectivity index (χ4n) is 1.68. The Morgan fingerprint density at radius 1 is 1.35 bits per heavy atom. The summed E-state index contributed by atoms with van der Waals surface area (Å²) >= 11 is 3.20. The van der Waals surface area contributed by atoms with Gasteiger partial charge in [0.2, 0.25) is 10.0 Å². The van der Waals surface area contributed by atoms with Gasteiger partial charge in [-0.1, -0.05) is 15.9 Å². The zero-order chi connectivity index (χ0) is 13.2. The summed E-state index contributed by atoms with van der Waals surface area (Å²) < 4.78 is 39.8. The quantitative estimate of drug-likeness (QED) is 0.865. The Balaban J connectivity index is 3.25. The van der Waals surface area contributed by atoms with Crippen molar-refractivity contribution in [1.82, 2.24) is 4.72 Å². The van der Waals surface area contributed by atoms with Crippen LogP contribution in [0.1, 0.15) is 18.1 Å². The largest absolute Gasteiger partial charge is 0.241 e. The molecule has 1 N–H and O–H groups in total. The molecule has 0 aromatic heterocycles. The van der Waals surface area contributed by atoms with Crippen LogP contribution >= 0.6 is 15.9 Å². The molecule has 0 aliphatic rings. The summed E-state index contributed by atoms with van der Waals surface area (Å²) in [6, 6.07) is 2.23. The van der Waals surface area contributed by atoms with Crippen molar-refractivity contribution < 1.29 is 12.8 Å². The van der Waals surface area contributed by atoms with Crippen LogP contribution in [-0.4, -0.2) is 19.8 Å². The second-order valence-corrected chi connectivity index (χ2v) is 6.34. The maximum absolute atomic E-state index is 13.1. The van der Waals surface area contributed by atoms with Crippen LogP contribution in [0.4, 0.5) is 4.39 Å². The average Bonchev–Trinajstić information content (AvgIpc) is 2.14. The smallest absolute Gasteiger partial charge is 0.207 e. The lowest BCUT2D eigenvalue weighted by Gasteiger charge is -2.15. The van der Waals surface area contributed by atoms with Gasteiger partial charge in [-0.15, -0.1) is 0 Å². The van der Waals surface area contributed by atoms with Crippen LogP contribution in [0, 0.1) is 19.7 Å². The first-order valence-electron chi connectivity index (χ1n) is 5.13. The van der Waals surface area contributed by atoms with E-state index in [1.807, 2.05) is 0 Å². The van der Waals surface area contributed by atoms with Gasteiger partial charge in [0, 0.05) is 11.4 Å². The van der Waals surface area contributed by atoms with Gasteiger partial charge in [0.05, 0.1) is 4.90 Å². The van der Waals surface area contributed by atoms with Gasteiger partial charge in [0.25, 0.3) is 0 Å². The molecule has 3 nitrogen and oxygen atoms in total. The van der Waals surface area contributed by atoms with Crippen LogP contribution in [0.15, 0.2) is 17.0 Å². The zero-order valence-electron chi connectivity index (χ0n) is 9.92. The number of benzene rings is 1. The molecule has 0 saturated carbocycles. The molecule has 0 amide bonds. The lowest BCUT2D eigenvalue weighted by atomic mass is 10.1. The molecule has 0 saturated heterocycles. The Morgan fingerprint density at radius 3 is 2.24 bits per heavy atom. The first kappa shape index (κ1) is 14.6. The van der Waals surface area contributed by atoms with Crippen LogP contribution in [0.5, 0.6) is 0 Å². The molecular formula is C11H15BrFNO2S. The molecule has 6 heteroatoms. The molecule has 1 rings (SSSR count). The predicted molar refractivity (Wildman–Crippen MR) is 69.5 cm³/mol. The van der Waals surface area contributed by atoms with Crippen molar-refractivity contribution >= 4 is 26.0 Å². The minimum atomic E-state index is -3.60. The molecule has 0 spiro atoms. The molecule has 0 fully saturated rings. The molecule has 0 radical (unpaired) electrons. The molecule has 1 unspecified atom stereocenters. The van der Waals surface area contributed by atoms with Crippen LogP contribution < -0.4 is 4.72 Å². The van der Waals surface area contributed by atoms with Crippen molar-refractivity contribution in [2.24, 2.45) is 0 Å². The third kappa shape index (κ3) is 3.50. The van der Waals surface area contributed by atoms with Crippen LogP contribution in [0.25, 0.3) is 0 Å². The third-order valence-corrected chi connectivity index (χ3v) is 5.15. The predicted octanol–water partition coefficient (Wildman–Crippen LogP) is 2.50. The van der Waals surface area contributed by atoms with Crippen molar-refractivity contribution in [2.45, 2.75) is 31.7 Å². The summed E-state index contributed by atoms with van der Waals surface area (Å²) in [6.45, 7) is 4.92. The van der Waals surface area contributed by atoms with Crippen molar-refractivity contribution in [3.8, 4) is 0 Å². The maximum atomic E-state index is 13.1. The molecule has 1 atom stereocenters. The Morgan fingerprint density at radius 2 is 1.82 bits per heavy atom. The van der Waals surface area contributed by atoms with E-state index in [1.165, 1.54) is 12.1 Å². The molecule has 0 aliphatic carbocycles. The number of alkyl halides is 1. The minimum absolute atomic E-state index is 0.159. The Kier molecular flexibility index (Phi) is 4.69. The summed E-state index contributed by atoms with van der Waals surface area (Å²) in [6.07, 6.45) is 0. The number of nitrogens with one attached hydrogen (secondary N) is 1. The summed E-state index contributed by atoms with van der Waals surface area (Å²) in [5.74, 6) is -0.424. The Bertz CT molecular complexity index is 493. The normalized spacial score (nSPS) is 13.7. The molecule has 1 aromatic carbocycles. The Labute approximate surface area is 110 Å².